The Morgan fingerprint density at radius 1 is 1.38 bits per heavy atom. The van der Waals surface area contributed by atoms with Crippen LogP contribution in [0.5, 0.6) is 0 Å². The number of nitrogens with one attached hydrogen (secondary N) is 1. The van der Waals surface area contributed by atoms with Crippen molar-refractivity contribution in [1.29, 1.82) is 0 Å². The molecule has 8 heteroatoms. The summed E-state index contributed by atoms with van der Waals surface area (Å²) in [4.78, 5) is 41.3. The van der Waals surface area contributed by atoms with Crippen LogP contribution in [-0.4, -0.2) is 47.0 Å². The quantitative estimate of drug-likeness (QED) is 0.677. The maximum absolute atomic E-state index is 12.4. The van der Waals surface area contributed by atoms with Gasteiger partial charge in [-0.05, 0) is 19.1 Å². The van der Waals surface area contributed by atoms with Crippen molar-refractivity contribution in [2.24, 2.45) is 0 Å². The van der Waals surface area contributed by atoms with Gasteiger partial charge in [0.1, 0.15) is 5.15 Å². The number of benzene rings is 1. The van der Waals surface area contributed by atoms with Crippen LogP contribution in [0, 0.1) is 0 Å². The van der Waals surface area contributed by atoms with Crippen LogP contribution in [0.3, 0.4) is 0 Å². The van der Waals surface area contributed by atoms with Crippen LogP contribution < -0.4 is 5.32 Å². The van der Waals surface area contributed by atoms with Crippen LogP contribution in [0.1, 0.15) is 17.3 Å². The topological polar surface area (TPSA) is 88.6 Å². The third-order valence-electron chi connectivity index (χ3n) is 3.66. The Morgan fingerprint density at radius 3 is 2.83 bits per heavy atom. The second-order valence-corrected chi connectivity index (χ2v) is 5.67. The van der Waals surface area contributed by atoms with Gasteiger partial charge in [0, 0.05) is 18.5 Å². The number of imide groups is 1. The lowest BCUT2D eigenvalue weighted by Crippen LogP contribution is -2.41. The van der Waals surface area contributed by atoms with Gasteiger partial charge in [-0.3, -0.25) is 9.69 Å². The molecule has 0 bridgehead atoms. The molecule has 3 amide bonds. The van der Waals surface area contributed by atoms with Crippen LogP contribution >= 0.6 is 11.6 Å². The summed E-state index contributed by atoms with van der Waals surface area (Å²) in [6.45, 7) is 2.07. The first-order valence-electron chi connectivity index (χ1n) is 7.33. The summed E-state index contributed by atoms with van der Waals surface area (Å²) in [5, 5.41) is 3.25. The van der Waals surface area contributed by atoms with Gasteiger partial charge in [-0.15, -0.1) is 0 Å². The van der Waals surface area contributed by atoms with E-state index in [-0.39, 0.29) is 17.3 Å². The first-order valence-corrected chi connectivity index (χ1v) is 7.70. The number of carbonyl (C=O) groups excluding carboxylic acids is 3. The van der Waals surface area contributed by atoms with E-state index in [1.54, 1.807) is 24.3 Å². The molecule has 2 heterocycles. The fourth-order valence-electron chi connectivity index (χ4n) is 2.49. The fourth-order valence-corrected chi connectivity index (χ4v) is 2.69. The van der Waals surface area contributed by atoms with Crippen molar-refractivity contribution in [2.45, 2.75) is 13.0 Å². The van der Waals surface area contributed by atoms with Crippen molar-refractivity contribution in [3.8, 4) is 0 Å². The summed E-state index contributed by atoms with van der Waals surface area (Å²) in [6, 6.07) is 7.89. The lowest BCUT2D eigenvalue weighted by Gasteiger charge is -2.18. The molecule has 1 atom stereocenters. The highest BCUT2D eigenvalue weighted by Crippen LogP contribution is 2.22. The number of esters is 1. The van der Waals surface area contributed by atoms with Crippen molar-refractivity contribution >= 4 is 40.4 Å². The van der Waals surface area contributed by atoms with E-state index in [0.29, 0.717) is 17.4 Å². The van der Waals surface area contributed by atoms with Crippen LogP contribution in [0.25, 0.3) is 10.9 Å². The number of para-hydroxylation sites is 1. The van der Waals surface area contributed by atoms with Crippen molar-refractivity contribution in [3.05, 3.63) is 41.0 Å². The number of halogens is 1. The SMILES string of the molecule is C[C@@H](OC(=O)c1cc(Cl)nc2ccccc12)C(=O)N1CCNC1=O. The van der Waals surface area contributed by atoms with E-state index >= 15 is 0 Å². The highest BCUT2D eigenvalue weighted by atomic mass is 35.5. The molecular weight excluding hydrogens is 334 g/mol. The molecule has 7 nitrogen and oxygen atoms in total. The normalized spacial score (nSPS) is 15.2. The number of urea groups is 1. The Bertz CT molecular complexity index is 839. The van der Waals surface area contributed by atoms with Crippen molar-refractivity contribution in [3.63, 3.8) is 0 Å². The molecule has 0 saturated carbocycles. The van der Waals surface area contributed by atoms with Gasteiger partial charge in [0.05, 0.1) is 11.1 Å². The predicted octanol–water partition coefficient (Wildman–Crippen LogP) is 1.99. The van der Waals surface area contributed by atoms with E-state index in [1.165, 1.54) is 13.0 Å². The number of hydrogen-bond acceptors (Lipinski definition) is 5. The number of pyridine rings is 1. The molecule has 0 unspecified atom stereocenters. The van der Waals surface area contributed by atoms with Crippen molar-refractivity contribution in [2.75, 3.05) is 13.1 Å². The number of hydrogen-bond donors (Lipinski definition) is 1. The van der Waals surface area contributed by atoms with Gasteiger partial charge in [0.2, 0.25) is 0 Å². The second-order valence-electron chi connectivity index (χ2n) is 5.28. The van der Waals surface area contributed by atoms with Crippen LogP contribution in [-0.2, 0) is 9.53 Å². The molecule has 2 aromatic rings. The van der Waals surface area contributed by atoms with Gasteiger partial charge in [0.15, 0.2) is 6.10 Å². The van der Waals surface area contributed by atoms with E-state index in [4.69, 9.17) is 16.3 Å². The Labute approximate surface area is 142 Å². The van der Waals surface area contributed by atoms with Gasteiger partial charge in [-0.1, -0.05) is 29.8 Å². The number of aromatic nitrogens is 1. The number of fused-ring (bicyclic) bond motifs is 1. The third-order valence-corrected chi connectivity index (χ3v) is 3.85. The first-order chi connectivity index (χ1) is 11.5. The first kappa shape index (κ1) is 16.2. The molecule has 0 aliphatic carbocycles. The molecular formula is C16H14ClN3O4. The number of amides is 3. The molecule has 1 aromatic carbocycles. The zero-order chi connectivity index (χ0) is 17.3. The smallest absolute Gasteiger partial charge is 0.339 e. The Hall–Kier alpha value is -2.67. The predicted molar refractivity (Wildman–Crippen MR) is 86.7 cm³/mol. The van der Waals surface area contributed by atoms with Crippen molar-refractivity contribution < 1.29 is 19.1 Å². The zero-order valence-electron chi connectivity index (χ0n) is 12.8. The lowest BCUT2D eigenvalue weighted by molar-refractivity contribution is -0.136. The average Bonchev–Trinajstić information content (AvgIpc) is 2.99. The fraction of sp³-hybridized carbons (Fsp3) is 0.250. The highest BCUT2D eigenvalue weighted by molar-refractivity contribution is 6.30. The Kier molecular flexibility index (Phi) is 4.35. The summed E-state index contributed by atoms with van der Waals surface area (Å²) >= 11 is 5.94. The number of ether oxygens (including phenoxy) is 1. The summed E-state index contributed by atoms with van der Waals surface area (Å²) < 4.78 is 5.23. The van der Waals surface area contributed by atoms with Gasteiger partial charge in [-0.2, -0.15) is 0 Å². The van der Waals surface area contributed by atoms with Crippen molar-refractivity contribution in [1.82, 2.24) is 15.2 Å². The molecule has 1 aromatic heterocycles. The minimum atomic E-state index is -1.09. The van der Waals surface area contributed by atoms with Crippen LogP contribution in [0.15, 0.2) is 30.3 Å². The number of rotatable bonds is 3. The van der Waals surface area contributed by atoms with Gasteiger partial charge < -0.3 is 10.1 Å². The molecule has 0 radical (unpaired) electrons. The van der Waals surface area contributed by atoms with Crippen LogP contribution in [0.4, 0.5) is 4.79 Å². The maximum Gasteiger partial charge on any atom is 0.339 e. The van der Waals surface area contributed by atoms with E-state index in [0.717, 1.165) is 4.90 Å². The molecule has 1 aliphatic rings. The molecule has 24 heavy (non-hydrogen) atoms. The van der Waals surface area contributed by atoms with Crippen LogP contribution in [0.2, 0.25) is 5.15 Å². The standard InChI is InChI=1S/C16H14ClN3O4/c1-9(14(21)20-7-6-18-16(20)23)24-15(22)11-8-13(17)19-12-5-3-2-4-10(11)12/h2-5,8-9H,6-7H2,1H3,(H,18,23)/t9-/m1/s1. The summed E-state index contributed by atoms with van der Waals surface area (Å²) in [6.07, 6.45) is -1.09. The van der Waals surface area contributed by atoms with E-state index < -0.39 is 24.0 Å². The van der Waals surface area contributed by atoms with Gasteiger partial charge in [-0.25, -0.2) is 14.6 Å². The molecule has 1 saturated heterocycles. The Balaban J connectivity index is 1.82. The lowest BCUT2D eigenvalue weighted by atomic mass is 10.1. The van der Waals surface area contributed by atoms with E-state index in [9.17, 15) is 14.4 Å². The molecule has 1 fully saturated rings. The second kappa shape index (κ2) is 6.45. The maximum atomic E-state index is 12.4. The zero-order valence-corrected chi connectivity index (χ0v) is 13.5. The third kappa shape index (κ3) is 3.03. The van der Waals surface area contributed by atoms with E-state index in [1.807, 2.05) is 0 Å². The number of carbonyl (C=O) groups is 3. The molecule has 0 spiro atoms. The highest BCUT2D eigenvalue weighted by Gasteiger charge is 2.32. The molecule has 124 valence electrons. The Morgan fingerprint density at radius 2 is 2.12 bits per heavy atom. The monoisotopic (exact) mass is 347 g/mol. The number of nitrogens with zero attached hydrogens (tertiary/aromatic N) is 2. The summed E-state index contributed by atoms with van der Waals surface area (Å²) in [5.74, 6) is -1.27. The molecule has 1 aliphatic heterocycles. The summed E-state index contributed by atoms with van der Waals surface area (Å²) in [7, 11) is 0. The molecule has 1 N–H and O–H groups in total. The minimum absolute atomic E-state index is 0.151. The van der Waals surface area contributed by atoms with Gasteiger partial charge >= 0.3 is 12.0 Å². The average molecular weight is 348 g/mol. The molecule has 3 rings (SSSR count). The largest absolute Gasteiger partial charge is 0.449 e. The minimum Gasteiger partial charge on any atom is -0.449 e. The summed E-state index contributed by atoms with van der Waals surface area (Å²) in [5.41, 5.74) is 0.769. The van der Waals surface area contributed by atoms with E-state index in [2.05, 4.69) is 10.3 Å². The van der Waals surface area contributed by atoms with Gasteiger partial charge in [0.25, 0.3) is 5.91 Å².